The maximum absolute atomic E-state index is 11.9. The summed E-state index contributed by atoms with van der Waals surface area (Å²) < 4.78 is -1.07. The third-order valence-corrected chi connectivity index (χ3v) is 3.88. The van der Waals surface area contributed by atoms with Crippen LogP contribution in [0.3, 0.4) is 0 Å². The van der Waals surface area contributed by atoms with Gasteiger partial charge in [0.25, 0.3) is 0 Å². The van der Waals surface area contributed by atoms with Gasteiger partial charge in [0.1, 0.15) is 10.4 Å². The van der Waals surface area contributed by atoms with E-state index in [4.69, 9.17) is 5.11 Å². The van der Waals surface area contributed by atoms with Crippen molar-refractivity contribution >= 4 is 43.0 Å². The van der Waals surface area contributed by atoms with Crippen molar-refractivity contribution in [1.82, 2.24) is 9.80 Å². The summed E-state index contributed by atoms with van der Waals surface area (Å²) in [7, 11) is 0. The molecule has 0 bridgehead atoms. The smallest absolute Gasteiger partial charge is 0.307 e. The van der Waals surface area contributed by atoms with Crippen LogP contribution in [-0.2, 0) is 14.4 Å². The Kier molecular flexibility index (Phi) is 4.14. The van der Waals surface area contributed by atoms with Gasteiger partial charge in [-0.1, -0.05) is 6.08 Å². The van der Waals surface area contributed by atoms with E-state index >= 15 is 0 Å². The fourth-order valence-corrected chi connectivity index (χ4v) is 2.81. The first-order valence-corrected chi connectivity index (χ1v) is 6.88. The first-order valence-electron chi connectivity index (χ1n) is 5.99. The minimum atomic E-state index is -1.11. The maximum atomic E-state index is 11.9. The number of carbonyl (C=O) groups excluding carboxylic acids is 2. The van der Waals surface area contributed by atoms with Crippen molar-refractivity contribution in [2.45, 2.75) is 29.6 Å². The zero-order valence-electron chi connectivity index (χ0n) is 10.5. The Balaban J connectivity index is 2.35. The van der Waals surface area contributed by atoms with Gasteiger partial charge in [-0.25, -0.2) is 0 Å². The molecular weight excluding hydrogens is 300 g/mol. The molecule has 0 spiro atoms. The Hall–Kier alpha value is -1.41. The number of thiol groups is 2. The molecule has 0 aromatic rings. The summed E-state index contributed by atoms with van der Waals surface area (Å²) >= 11 is 8.67. The Morgan fingerprint density at radius 3 is 2.40 bits per heavy atom. The second-order valence-corrected chi connectivity index (χ2v) is 6.25. The fraction of sp³-hybridized carbons (Fsp3) is 0.417. The Morgan fingerprint density at radius 2 is 1.90 bits per heavy atom. The quantitative estimate of drug-likeness (QED) is 0.407. The van der Waals surface area contributed by atoms with E-state index in [-0.39, 0.29) is 24.7 Å². The number of carbonyl (C=O) groups is 3. The molecule has 0 aromatic heterocycles. The summed E-state index contributed by atoms with van der Waals surface area (Å²) in [6.45, 7) is 0. The van der Waals surface area contributed by atoms with Gasteiger partial charge in [-0.15, -0.1) is 25.3 Å². The largest absolute Gasteiger partial charge is 0.481 e. The molecule has 20 heavy (non-hydrogen) atoms. The van der Waals surface area contributed by atoms with Crippen molar-refractivity contribution < 1.29 is 19.5 Å². The second-order valence-electron chi connectivity index (χ2n) is 4.53. The molecule has 2 aliphatic heterocycles. The summed E-state index contributed by atoms with van der Waals surface area (Å²) in [5.74, 6) is -1.86. The molecule has 1 unspecified atom stereocenters. The monoisotopic (exact) mass is 314 g/mol. The van der Waals surface area contributed by atoms with Crippen LogP contribution in [0.25, 0.3) is 0 Å². The van der Waals surface area contributed by atoms with Crippen molar-refractivity contribution in [3.8, 4) is 0 Å². The van der Waals surface area contributed by atoms with E-state index in [0.29, 0.717) is 0 Å². The summed E-state index contributed by atoms with van der Waals surface area (Å²) in [5.41, 5.74) is 0. The molecule has 1 fully saturated rings. The third-order valence-electron chi connectivity index (χ3n) is 3.12. The molecular formula is C12H14N2O4S2. The van der Waals surface area contributed by atoms with Gasteiger partial charge in [0, 0.05) is 19.0 Å². The minimum Gasteiger partial charge on any atom is -0.481 e. The molecule has 2 amide bonds. The number of nitrogens with zero attached hydrogens (tertiary/aromatic N) is 2. The fourth-order valence-electron chi connectivity index (χ4n) is 2.24. The topological polar surface area (TPSA) is 77.9 Å². The van der Waals surface area contributed by atoms with Gasteiger partial charge in [-0.05, 0) is 12.2 Å². The van der Waals surface area contributed by atoms with Gasteiger partial charge in [0.15, 0.2) is 0 Å². The van der Waals surface area contributed by atoms with Gasteiger partial charge in [0.2, 0.25) is 11.8 Å². The van der Waals surface area contributed by atoms with Crippen LogP contribution in [0, 0.1) is 0 Å². The number of allylic oxidation sites excluding steroid dienone is 2. The SMILES string of the molecule is O=C(O)CC(N1C(=O)CCC1=O)N1C=CC=CC1(S)S. The molecule has 0 aromatic carbocycles. The summed E-state index contributed by atoms with van der Waals surface area (Å²) in [6.07, 6.45) is 5.48. The van der Waals surface area contributed by atoms with Crippen molar-refractivity contribution in [2.75, 3.05) is 0 Å². The number of carboxylic acid groups (broad SMARTS) is 1. The molecule has 2 rings (SSSR count). The highest BCUT2D eigenvalue weighted by atomic mass is 32.2. The van der Waals surface area contributed by atoms with E-state index in [1.54, 1.807) is 24.4 Å². The number of hydrogen-bond donors (Lipinski definition) is 3. The Bertz CT molecular complexity index is 500. The lowest BCUT2D eigenvalue weighted by Gasteiger charge is -2.43. The van der Waals surface area contributed by atoms with Gasteiger partial charge in [0.05, 0.1) is 6.42 Å². The van der Waals surface area contributed by atoms with Crippen LogP contribution in [0.4, 0.5) is 0 Å². The lowest BCUT2D eigenvalue weighted by Crippen LogP contribution is -2.55. The van der Waals surface area contributed by atoms with Crippen LogP contribution < -0.4 is 0 Å². The van der Waals surface area contributed by atoms with Gasteiger partial charge in [-0.3, -0.25) is 19.3 Å². The van der Waals surface area contributed by atoms with E-state index in [2.05, 4.69) is 25.3 Å². The minimum absolute atomic E-state index is 0.106. The van der Waals surface area contributed by atoms with Crippen molar-refractivity contribution in [1.29, 1.82) is 0 Å². The highest BCUT2D eigenvalue weighted by Crippen LogP contribution is 2.35. The molecule has 8 heteroatoms. The third kappa shape index (κ3) is 2.85. The van der Waals surface area contributed by atoms with E-state index in [9.17, 15) is 14.4 Å². The normalized spacial score (nSPS) is 22.5. The van der Waals surface area contributed by atoms with E-state index in [1.807, 2.05) is 0 Å². The van der Waals surface area contributed by atoms with Gasteiger partial charge >= 0.3 is 5.97 Å². The van der Waals surface area contributed by atoms with Crippen LogP contribution in [0.1, 0.15) is 19.3 Å². The molecule has 1 saturated heterocycles. The number of imide groups is 1. The van der Waals surface area contributed by atoms with E-state index in [0.717, 1.165) is 4.90 Å². The van der Waals surface area contributed by atoms with Crippen LogP contribution in [0.15, 0.2) is 24.4 Å². The molecule has 2 heterocycles. The molecule has 0 radical (unpaired) electrons. The molecule has 2 aliphatic rings. The summed E-state index contributed by atoms with van der Waals surface area (Å²) in [6, 6.07) is 0. The van der Waals surface area contributed by atoms with Gasteiger partial charge in [-0.2, -0.15) is 0 Å². The Labute approximate surface area is 126 Å². The van der Waals surface area contributed by atoms with Crippen LogP contribution in [-0.4, -0.2) is 43.1 Å². The zero-order chi connectivity index (χ0) is 14.9. The lowest BCUT2D eigenvalue weighted by molar-refractivity contribution is -0.148. The highest BCUT2D eigenvalue weighted by Gasteiger charge is 2.42. The predicted molar refractivity (Wildman–Crippen MR) is 77.9 cm³/mol. The first-order chi connectivity index (χ1) is 9.33. The lowest BCUT2D eigenvalue weighted by atomic mass is 10.2. The predicted octanol–water partition coefficient (Wildman–Crippen LogP) is 0.835. The summed E-state index contributed by atoms with van der Waals surface area (Å²) in [4.78, 5) is 37.3. The average Bonchev–Trinajstić information content (AvgIpc) is 2.66. The second kappa shape index (κ2) is 5.53. The maximum Gasteiger partial charge on any atom is 0.307 e. The van der Waals surface area contributed by atoms with E-state index in [1.165, 1.54) is 4.90 Å². The Morgan fingerprint density at radius 1 is 1.30 bits per heavy atom. The molecule has 1 atom stereocenters. The first kappa shape index (κ1) is 15.0. The van der Waals surface area contributed by atoms with Crippen LogP contribution in [0.2, 0.25) is 0 Å². The van der Waals surface area contributed by atoms with Crippen LogP contribution in [0.5, 0.6) is 0 Å². The van der Waals surface area contributed by atoms with Crippen molar-refractivity contribution in [2.24, 2.45) is 0 Å². The van der Waals surface area contributed by atoms with Crippen LogP contribution >= 0.6 is 25.3 Å². The van der Waals surface area contributed by atoms with E-state index < -0.39 is 22.8 Å². The molecule has 0 aliphatic carbocycles. The molecule has 1 N–H and O–H groups in total. The number of hydrogen-bond acceptors (Lipinski definition) is 6. The average molecular weight is 314 g/mol. The molecule has 6 nitrogen and oxygen atoms in total. The number of amides is 2. The number of aliphatic carboxylic acids is 1. The van der Waals surface area contributed by atoms with Gasteiger partial charge < -0.3 is 10.0 Å². The number of likely N-dealkylation sites (tertiary alicyclic amines) is 1. The molecule has 0 saturated carbocycles. The summed E-state index contributed by atoms with van der Waals surface area (Å²) in [5, 5.41) is 9.05. The standard InChI is InChI=1S/C12H14N2O4S2/c15-9-3-4-10(16)14(9)8(7-11(17)18)13-6-2-1-5-12(13,19)20/h1-2,5-6,8,19-20H,3-4,7H2,(H,17,18). The zero-order valence-corrected chi connectivity index (χ0v) is 12.3. The van der Waals surface area contributed by atoms with Crippen molar-refractivity contribution in [3.05, 3.63) is 24.4 Å². The number of carboxylic acids is 1. The van der Waals surface area contributed by atoms with Crippen molar-refractivity contribution in [3.63, 3.8) is 0 Å². The molecule has 108 valence electrons. The highest BCUT2D eigenvalue weighted by molar-refractivity contribution is 8.00. The number of rotatable bonds is 4.